The van der Waals surface area contributed by atoms with Gasteiger partial charge >= 0.3 is 18.4 Å². The number of sulfone groups is 1. The third-order valence-electron chi connectivity index (χ3n) is 11.3. The summed E-state index contributed by atoms with van der Waals surface area (Å²) in [6.45, 7) is -2.45. The van der Waals surface area contributed by atoms with Crippen molar-refractivity contribution in [2.75, 3.05) is 30.0 Å². The molecule has 0 radical (unpaired) electrons. The summed E-state index contributed by atoms with van der Waals surface area (Å²) in [5.74, 6) is -6.16. The van der Waals surface area contributed by atoms with Crippen LogP contribution in [0.1, 0.15) is 66.1 Å². The van der Waals surface area contributed by atoms with E-state index in [0.29, 0.717) is 12.3 Å². The van der Waals surface area contributed by atoms with Crippen LogP contribution in [0.5, 0.6) is 0 Å². The second-order valence-electron chi connectivity index (χ2n) is 16.9. The highest BCUT2D eigenvalue weighted by Gasteiger charge is 2.68. The average Bonchev–Trinajstić information content (AvgIpc) is 3.73. The Morgan fingerprint density at radius 2 is 1.63 bits per heavy atom. The SMILES string of the molecule is CC(C)(C#Cc1ccc(-c2ccc(Cl)c3c(N(C(=O)OCCO)S(C)(=O)=O)nn(CC(F)(F)F)c23)c([C@H](Cc2cc(F)cc(F)c2)NC(=O)Cn2nc(C(F)(F)F)c3c2C(F)(F)[C@@H]2C[C@H]32)n1)S(C)(=O)=O. The molecular weight excluding hydrogens is 1020 g/mol. The van der Waals surface area contributed by atoms with Crippen molar-refractivity contribution in [3.05, 3.63) is 93.0 Å². The zero-order valence-corrected chi connectivity index (χ0v) is 38.9. The molecule has 3 aromatic heterocycles. The van der Waals surface area contributed by atoms with E-state index in [2.05, 4.69) is 32.3 Å². The molecule has 2 aliphatic rings. The Hall–Kier alpha value is -5.98. The number of fused-ring (bicyclic) bond motifs is 4. The summed E-state index contributed by atoms with van der Waals surface area (Å²) in [5, 5.41) is 17.7. The van der Waals surface area contributed by atoms with E-state index < -0.39 is 162 Å². The summed E-state index contributed by atoms with van der Waals surface area (Å²) >= 11 is 6.55. The molecule has 28 heteroatoms. The standard InChI is InChI=1S/C42H36ClF10N7O8S2/c1-39(2,69(3,64)65)10-9-23-5-6-24(25-7-8-28(43)32-34(25)59(19-40(46,47)48)57-37(32)60(70(4,66)67)38(63)68-12-11-61)33(54-23)29(15-20-13-21(44)16-22(45)14-20)55-30(62)18-58-36-31(35(56-58)42(51,52)53)26-17-27(26)41(36,49)50/h5-8,13-14,16,26-27,29,61H,11-12,15,17-19H2,1-4H3,(H,55,62)/t26-,27+,29-/m0/s1. The molecule has 0 bridgehead atoms. The van der Waals surface area contributed by atoms with Gasteiger partial charge in [0.25, 0.3) is 5.92 Å². The third kappa shape index (κ3) is 10.3. The second-order valence-corrected chi connectivity index (χ2v) is 21.7. The number of nitrogens with zero attached hydrogens (tertiary/aromatic N) is 6. The summed E-state index contributed by atoms with van der Waals surface area (Å²) in [6, 6.07) is 4.63. The summed E-state index contributed by atoms with van der Waals surface area (Å²) < 4.78 is 201. The van der Waals surface area contributed by atoms with Gasteiger partial charge in [0, 0.05) is 34.9 Å². The molecule has 0 aliphatic heterocycles. The van der Waals surface area contributed by atoms with E-state index in [0.717, 1.165) is 42.7 Å². The fourth-order valence-corrected chi connectivity index (χ4v) is 9.21. The van der Waals surface area contributed by atoms with Gasteiger partial charge < -0.3 is 15.2 Å². The predicted octanol–water partition coefficient (Wildman–Crippen LogP) is 7.19. The molecule has 0 saturated heterocycles. The number of sulfonamides is 1. The Balaban J connectivity index is 1.49. The number of pyridine rings is 1. The van der Waals surface area contributed by atoms with Crippen molar-refractivity contribution in [2.45, 2.75) is 74.8 Å². The lowest BCUT2D eigenvalue weighted by molar-refractivity contribution is -0.143. The zero-order chi connectivity index (χ0) is 51.8. The molecular formula is C42H36ClF10N7O8S2. The number of halogens is 11. The minimum Gasteiger partial charge on any atom is -0.446 e. The molecule has 1 fully saturated rings. The normalized spacial score (nSPS) is 17.1. The maximum atomic E-state index is 15.5. The van der Waals surface area contributed by atoms with E-state index in [4.69, 9.17) is 16.3 Å². The number of nitrogens with one attached hydrogen (secondary N) is 1. The van der Waals surface area contributed by atoms with Crippen molar-refractivity contribution < 1.29 is 80.2 Å². The van der Waals surface area contributed by atoms with Crippen LogP contribution in [0.2, 0.25) is 5.02 Å². The van der Waals surface area contributed by atoms with Gasteiger partial charge in [0.1, 0.15) is 47.5 Å². The number of amides is 2. The van der Waals surface area contributed by atoms with Gasteiger partial charge in [0.15, 0.2) is 21.3 Å². The first-order valence-electron chi connectivity index (χ1n) is 20.3. The molecule has 0 spiro atoms. The van der Waals surface area contributed by atoms with Gasteiger partial charge in [0.05, 0.1) is 40.5 Å². The van der Waals surface area contributed by atoms with Crippen molar-refractivity contribution in [1.82, 2.24) is 29.9 Å². The number of aliphatic hydroxyl groups excluding tert-OH is 1. The summed E-state index contributed by atoms with van der Waals surface area (Å²) in [7, 11) is -8.76. The number of carbonyl (C=O) groups excluding carboxylic acids is 2. The summed E-state index contributed by atoms with van der Waals surface area (Å²) in [6.07, 6.45) is -11.8. The fourth-order valence-electron chi connectivity index (χ4n) is 7.97. The van der Waals surface area contributed by atoms with Crippen LogP contribution in [0.4, 0.5) is 54.5 Å². The van der Waals surface area contributed by atoms with Crippen LogP contribution >= 0.6 is 11.6 Å². The number of hydrogen-bond donors (Lipinski definition) is 2. The highest BCUT2D eigenvalue weighted by molar-refractivity contribution is 7.93. The quantitative estimate of drug-likeness (QED) is 0.0896. The van der Waals surface area contributed by atoms with Crippen LogP contribution in [0.25, 0.3) is 22.0 Å². The Morgan fingerprint density at radius 3 is 2.21 bits per heavy atom. The largest absolute Gasteiger partial charge is 0.446 e. The molecule has 2 amide bonds. The van der Waals surface area contributed by atoms with E-state index in [9.17, 15) is 66.7 Å². The molecule has 3 atom stereocenters. The van der Waals surface area contributed by atoms with Crippen LogP contribution < -0.4 is 9.62 Å². The molecule has 0 unspecified atom stereocenters. The maximum Gasteiger partial charge on any atom is 0.435 e. The molecule has 376 valence electrons. The van der Waals surface area contributed by atoms with E-state index in [1.54, 1.807) is 0 Å². The number of alkyl halides is 8. The number of aromatic nitrogens is 5. The Kier molecular flexibility index (Phi) is 13.3. The number of carbonyl (C=O) groups is 2. The lowest BCUT2D eigenvalue weighted by atomic mass is 9.93. The van der Waals surface area contributed by atoms with E-state index >= 15 is 8.78 Å². The Labute approximate surface area is 395 Å². The van der Waals surface area contributed by atoms with Crippen molar-refractivity contribution in [3.8, 4) is 23.0 Å². The molecule has 7 rings (SSSR count). The monoisotopic (exact) mass is 1060 g/mol. The molecule has 2 N–H and O–H groups in total. The first kappa shape index (κ1) is 51.9. The highest BCUT2D eigenvalue weighted by atomic mass is 35.5. The molecule has 3 heterocycles. The van der Waals surface area contributed by atoms with Gasteiger partial charge in [-0.1, -0.05) is 23.6 Å². The van der Waals surface area contributed by atoms with E-state index in [-0.39, 0.29) is 42.5 Å². The summed E-state index contributed by atoms with van der Waals surface area (Å²) in [4.78, 5) is 31.8. The Bertz CT molecular complexity index is 3240. The van der Waals surface area contributed by atoms with Crippen LogP contribution in [0.15, 0.2) is 42.5 Å². The van der Waals surface area contributed by atoms with Crippen LogP contribution in [-0.4, -0.2) is 95.1 Å². The maximum absolute atomic E-state index is 15.5. The van der Waals surface area contributed by atoms with Crippen molar-refractivity contribution in [2.24, 2.45) is 5.92 Å². The highest BCUT2D eigenvalue weighted by Crippen LogP contribution is 2.68. The van der Waals surface area contributed by atoms with Crippen molar-refractivity contribution >= 4 is 60.2 Å². The van der Waals surface area contributed by atoms with Crippen LogP contribution in [-0.2, 0) is 61.0 Å². The molecule has 1 saturated carbocycles. The van der Waals surface area contributed by atoms with Crippen molar-refractivity contribution in [3.63, 3.8) is 0 Å². The van der Waals surface area contributed by atoms with Crippen LogP contribution in [0, 0.1) is 29.4 Å². The summed E-state index contributed by atoms with van der Waals surface area (Å²) in [5.41, 5.74) is -6.03. The molecule has 70 heavy (non-hydrogen) atoms. The fraction of sp³-hybridized carbons (Fsp3) is 0.405. The lowest BCUT2D eigenvalue weighted by Gasteiger charge is -2.23. The number of rotatable bonds is 13. The van der Waals surface area contributed by atoms with E-state index in [1.165, 1.54) is 13.8 Å². The van der Waals surface area contributed by atoms with Gasteiger partial charge in [-0.3, -0.25) is 14.2 Å². The smallest absolute Gasteiger partial charge is 0.435 e. The minimum absolute atomic E-state index is 0.125. The minimum atomic E-state index is -5.23. The first-order valence-corrected chi connectivity index (χ1v) is 24.4. The number of ether oxygens (including phenoxy) is 1. The van der Waals surface area contributed by atoms with E-state index in [1.807, 2.05) is 0 Å². The average molecular weight is 1060 g/mol. The predicted molar refractivity (Wildman–Crippen MR) is 229 cm³/mol. The van der Waals surface area contributed by atoms with Gasteiger partial charge in [-0.05, 0) is 74.4 Å². The van der Waals surface area contributed by atoms with Gasteiger partial charge in [-0.15, -0.1) is 0 Å². The second kappa shape index (κ2) is 18.0. The molecule has 5 aromatic rings. The van der Waals surface area contributed by atoms with Crippen molar-refractivity contribution in [1.29, 1.82) is 0 Å². The van der Waals surface area contributed by atoms with Gasteiger partial charge in [0.2, 0.25) is 15.9 Å². The number of hydrogen-bond acceptors (Lipinski definition) is 11. The molecule has 2 aromatic carbocycles. The number of aliphatic hydroxyl groups is 1. The Morgan fingerprint density at radius 1 is 0.986 bits per heavy atom. The molecule has 2 aliphatic carbocycles. The van der Waals surface area contributed by atoms with Gasteiger partial charge in [-0.25, -0.2) is 35.4 Å². The number of anilines is 1. The number of benzene rings is 2. The molecule has 15 nitrogen and oxygen atoms in total. The third-order valence-corrected chi connectivity index (χ3v) is 14.6. The van der Waals surface area contributed by atoms with Gasteiger partial charge in [-0.2, -0.15) is 49.6 Å². The lowest BCUT2D eigenvalue weighted by Crippen LogP contribution is -2.37. The topological polar surface area (TPSA) is 196 Å². The zero-order valence-electron chi connectivity index (χ0n) is 36.5. The van der Waals surface area contributed by atoms with Crippen LogP contribution in [0.3, 0.4) is 0 Å². The first-order chi connectivity index (χ1) is 32.2.